The van der Waals surface area contributed by atoms with Crippen LogP contribution in [-0.4, -0.2) is 61.6 Å². The van der Waals surface area contributed by atoms with Crippen LogP contribution in [0.25, 0.3) is 0 Å². The maximum Gasteiger partial charge on any atom is 0.317 e. The van der Waals surface area contributed by atoms with Crippen LogP contribution in [0.15, 0.2) is 42.5 Å². The number of ether oxygens (including phenoxy) is 2. The lowest BCUT2D eigenvalue weighted by molar-refractivity contribution is -0.131. The van der Waals surface area contributed by atoms with Crippen molar-refractivity contribution in [2.45, 2.75) is 26.8 Å². The summed E-state index contributed by atoms with van der Waals surface area (Å²) in [6, 6.07) is 13.5. The summed E-state index contributed by atoms with van der Waals surface area (Å²) >= 11 is 0. The van der Waals surface area contributed by atoms with Crippen molar-refractivity contribution in [1.82, 2.24) is 15.1 Å². The average Bonchev–Trinajstić information content (AvgIpc) is 2.80. The van der Waals surface area contributed by atoms with Crippen molar-refractivity contribution in [3.8, 4) is 11.5 Å². The molecular weight excluding hydrogens is 394 g/mol. The standard InChI is InChI=1S/C24H31N3O4/c1-4-31-21-10-9-20(15-22(21)30-3)17-25-24(29)27-13-11-26(12-14-27)23(28)16-19-7-5-18(2)6-8-19/h5-10,15H,4,11-14,16-17H2,1-3H3,(H,25,29). The number of hydrogen-bond donors (Lipinski definition) is 1. The number of methoxy groups -OCH3 is 1. The molecule has 2 aromatic rings. The van der Waals surface area contributed by atoms with Crippen LogP contribution >= 0.6 is 0 Å². The highest BCUT2D eigenvalue weighted by Crippen LogP contribution is 2.28. The quantitative estimate of drug-likeness (QED) is 0.740. The second kappa shape index (κ2) is 10.7. The van der Waals surface area contributed by atoms with Gasteiger partial charge in [0.25, 0.3) is 0 Å². The highest BCUT2D eigenvalue weighted by atomic mass is 16.5. The number of nitrogens with zero attached hydrogens (tertiary/aromatic N) is 2. The van der Waals surface area contributed by atoms with Crippen LogP contribution < -0.4 is 14.8 Å². The number of amides is 3. The molecule has 2 aromatic carbocycles. The van der Waals surface area contributed by atoms with Gasteiger partial charge in [-0.25, -0.2) is 4.79 Å². The Labute approximate surface area is 183 Å². The van der Waals surface area contributed by atoms with Gasteiger partial charge in [0.1, 0.15) is 0 Å². The Balaban J connectivity index is 1.45. The summed E-state index contributed by atoms with van der Waals surface area (Å²) in [5.41, 5.74) is 3.13. The first-order valence-electron chi connectivity index (χ1n) is 10.7. The van der Waals surface area contributed by atoms with Gasteiger partial charge in [-0.3, -0.25) is 4.79 Å². The Morgan fingerprint density at radius 1 is 0.935 bits per heavy atom. The van der Waals surface area contributed by atoms with E-state index in [9.17, 15) is 9.59 Å². The van der Waals surface area contributed by atoms with Crippen LogP contribution in [0.2, 0.25) is 0 Å². The predicted molar refractivity (Wildman–Crippen MR) is 119 cm³/mol. The van der Waals surface area contributed by atoms with Gasteiger partial charge in [-0.15, -0.1) is 0 Å². The fourth-order valence-electron chi connectivity index (χ4n) is 3.54. The lowest BCUT2D eigenvalue weighted by Gasteiger charge is -2.34. The van der Waals surface area contributed by atoms with Crippen molar-refractivity contribution < 1.29 is 19.1 Å². The molecule has 1 fully saturated rings. The molecule has 3 rings (SSSR count). The zero-order valence-electron chi connectivity index (χ0n) is 18.5. The van der Waals surface area contributed by atoms with Gasteiger partial charge in [0, 0.05) is 32.7 Å². The molecule has 0 aromatic heterocycles. The van der Waals surface area contributed by atoms with Crippen LogP contribution in [0, 0.1) is 6.92 Å². The van der Waals surface area contributed by atoms with Crippen molar-refractivity contribution in [3.63, 3.8) is 0 Å². The minimum absolute atomic E-state index is 0.102. The molecule has 3 amide bonds. The molecule has 0 bridgehead atoms. The number of rotatable bonds is 7. The van der Waals surface area contributed by atoms with E-state index in [1.54, 1.807) is 12.0 Å². The van der Waals surface area contributed by atoms with Crippen molar-refractivity contribution >= 4 is 11.9 Å². The SMILES string of the molecule is CCOc1ccc(CNC(=O)N2CCN(C(=O)Cc3ccc(C)cc3)CC2)cc1OC. The summed E-state index contributed by atoms with van der Waals surface area (Å²) in [6.45, 7) is 7.06. The van der Waals surface area contributed by atoms with Gasteiger partial charge in [0.05, 0.1) is 20.1 Å². The lowest BCUT2D eigenvalue weighted by atomic mass is 10.1. The molecule has 0 unspecified atom stereocenters. The van der Waals surface area contributed by atoms with E-state index in [-0.39, 0.29) is 11.9 Å². The Hall–Kier alpha value is -3.22. The van der Waals surface area contributed by atoms with Crippen molar-refractivity contribution in [2.75, 3.05) is 39.9 Å². The third-order valence-corrected chi connectivity index (χ3v) is 5.37. The van der Waals surface area contributed by atoms with E-state index in [1.165, 1.54) is 5.56 Å². The molecule has 0 atom stereocenters. The molecule has 7 nitrogen and oxygen atoms in total. The third kappa shape index (κ3) is 6.13. The summed E-state index contributed by atoms with van der Waals surface area (Å²) in [5.74, 6) is 1.44. The van der Waals surface area contributed by atoms with E-state index >= 15 is 0 Å². The second-order valence-corrected chi connectivity index (χ2v) is 7.61. The highest BCUT2D eigenvalue weighted by molar-refractivity contribution is 5.79. The zero-order chi connectivity index (χ0) is 22.2. The molecule has 1 N–H and O–H groups in total. The molecule has 1 aliphatic rings. The number of aryl methyl sites for hydroxylation is 1. The van der Waals surface area contributed by atoms with Crippen molar-refractivity contribution in [3.05, 3.63) is 59.2 Å². The van der Waals surface area contributed by atoms with Crippen LogP contribution in [0.5, 0.6) is 11.5 Å². The number of urea groups is 1. The van der Waals surface area contributed by atoms with Gasteiger partial charge in [0.2, 0.25) is 5.91 Å². The van der Waals surface area contributed by atoms with E-state index in [0.717, 1.165) is 11.1 Å². The first-order valence-corrected chi connectivity index (χ1v) is 10.7. The molecule has 0 aliphatic carbocycles. The van der Waals surface area contributed by atoms with Gasteiger partial charge >= 0.3 is 6.03 Å². The Bertz CT molecular complexity index is 890. The molecule has 31 heavy (non-hydrogen) atoms. The zero-order valence-corrected chi connectivity index (χ0v) is 18.5. The monoisotopic (exact) mass is 425 g/mol. The molecule has 0 spiro atoms. The molecule has 1 saturated heterocycles. The Morgan fingerprint density at radius 3 is 2.23 bits per heavy atom. The molecule has 7 heteroatoms. The first kappa shape index (κ1) is 22.5. The van der Waals surface area contributed by atoms with Gasteiger partial charge in [-0.05, 0) is 37.1 Å². The number of benzene rings is 2. The summed E-state index contributed by atoms with van der Waals surface area (Å²) < 4.78 is 10.9. The fourth-order valence-corrected chi connectivity index (χ4v) is 3.54. The van der Waals surface area contributed by atoms with Gasteiger partial charge in [0.15, 0.2) is 11.5 Å². The Kier molecular flexibility index (Phi) is 7.76. The number of piperazine rings is 1. The van der Waals surface area contributed by atoms with E-state index in [2.05, 4.69) is 5.32 Å². The molecule has 0 radical (unpaired) electrons. The summed E-state index contributed by atoms with van der Waals surface area (Å²) in [5, 5.41) is 2.95. The maximum absolute atomic E-state index is 12.6. The number of hydrogen-bond acceptors (Lipinski definition) is 4. The molecule has 1 aliphatic heterocycles. The topological polar surface area (TPSA) is 71.1 Å². The van der Waals surface area contributed by atoms with E-state index in [1.807, 2.05) is 61.2 Å². The summed E-state index contributed by atoms with van der Waals surface area (Å²) in [6.07, 6.45) is 0.395. The third-order valence-electron chi connectivity index (χ3n) is 5.37. The fraction of sp³-hybridized carbons (Fsp3) is 0.417. The van der Waals surface area contributed by atoms with E-state index in [4.69, 9.17) is 9.47 Å². The minimum Gasteiger partial charge on any atom is -0.493 e. The summed E-state index contributed by atoms with van der Waals surface area (Å²) in [4.78, 5) is 28.7. The largest absolute Gasteiger partial charge is 0.493 e. The van der Waals surface area contributed by atoms with Crippen molar-refractivity contribution in [2.24, 2.45) is 0 Å². The highest BCUT2D eigenvalue weighted by Gasteiger charge is 2.24. The maximum atomic E-state index is 12.6. The van der Waals surface area contributed by atoms with E-state index < -0.39 is 0 Å². The van der Waals surface area contributed by atoms with Crippen molar-refractivity contribution in [1.29, 1.82) is 0 Å². The molecule has 1 heterocycles. The molecular formula is C24H31N3O4. The lowest BCUT2D eigenvalue weighted by Crippen LogP contribution is -2.53. The molecule has 166 valence electrons. The second-order valence-electron chi connectivity index (χ2n) is 7.61. The van der Waals surface area contributed by atoms with Crippen LogP contribution in [-0.2, 0) is 17.8 Å². The van der Waals surface area contributed by atoms with Crippen LogP contribution in [0.1, 0.15) is 23.6 Å². The van der Waals surface area contributed by atoms with E-state index in [0.29, 0.717) is 57.3 Å². The molecule has 0 saturated carbocycles. The number of nitrogens with one attached hydrogen (secondary N) is 1. The Morgan fingerprint density at radius 2 is 1.58 bits per heavy atom. The van der Waals surface area contributed by atoms with Gasteiger partial charge < -0.3 is 24.6 Å². The number of carbonyl (C=O) groups excluding carboxylic acids is 2. The average molecular weight is 426 g/mol. The smallest absolute Gasteiger partial charge is 0.317 e. The predicted octanol–water partition coefficient (Wildman–Crippen LogP) is 3.00. The summed E-state index contributed by atoms with van der Waals surface area (Å²) in [7, 11) is 1.60. The normalized spacial score (nSPS) is 13.6. The van der Waals surface area contributed by atoms with Gasteiger partial charge in [-0.1, -0.05) is 35.9 Å². The first-order chi connectivity index (χ1) is 15.0. The van der Waals surface area contributed by atoms with Crippen LogP contribution in [0.3, 0.4) is 0 Å². The number of carbonyl (C=O) groups is 2. The van der Waals surface area contributed by atoms with Crippen LogP contribution in [0.4, 0.5) is 4.79 Å². The minimum atomic E-state index is -0.126. The van der Waals surface area contributed by atoms with Gasteiger partial charge in [-0.2, -0.15) is 0 Å².